The highest BCUT2D eigenvalue weighted by Crippen LogP contribution is 2.16. The Morgan fingerprint density at radius 2 is 2.04 bits per heavy atom. The molecule has 0 radical (unpaired) electrons. The summed E-state index contributed by atoms with van der Waals surface area (Å²) in [4.78, 5) is 32.0. The molecule has 23 heavy (non-hydrogen) atoms. The molecule has 2 aromatic rings. The summed E-state index contributed by atoms with van der Waals surface area (Å²) in [5.74, 6) is -0.548. The van der Waals surface area contributed by atoms with Crippen LogP contribution in [0, 0.1) is 0 Å². The number of amides is 2. The van der Waals surface area contributed by atoms with E-state index in [1.165, 1.54) is 11.3 Å². The lowest BCUT2D eigenvalue weighted by molar-refractivity contribution is -0.125. The van der Waals surface area contributed by atoms with E-state index in [0.717, 1.165) is 5.56 Å². The lowest BCUT2D eigenvalue weighted by Crippen LogP contribution is -2.58. The molecular formula is C16H18N4O2S. The predicted molar refractivity (Wildman–Crippen MR) is 87.9 cm³/mol. The van der Waals surface area contributed by atoms with Crippen LogP contribution in [0.4, 0.5) is 0 Å². The topological polar surface area (TPSA) is 79.5 Å². The van der Waals surface area contributed by atoms with Crippen molar-refractivity contribution in [2.45, 2.75) is 12.6 Å². The minimum absolute atomic E-state index is 0.142. The fourth-order valence-electron chi connectivity index (χ4n) is 2.76. The number of aromatic nitrogens is 1. The van der Waals surface area contributed by atoms with E-state index in [2.05, 4.69) is 4.98 Å². The maximum absolute atomic E-state index is 12.4. The van der Waals surface area contributed by atoms with Crippen molar-refractivity contribution >= 4 is 23.2 Å². The van der Waals surface area contributed by atoms with Crippen LogP contribution in [0.5, 0.6) is 0 Å². The van der Waals surface area contributed by atoms with Crippen LogP contribution < -0.4 is 5.73 Å². The van der Waals surface area contributed by atoms with Gasteiger partial charge >= 0.3 is 0 Å². The second-order valence-electron chi connectivity index (χ2n) is 5.50. The predicted octanol–water partition coefficient (Wildman–Crippen LogP) is 0.955. The Labute approximate surface area is 138 Å². The maximum Gasteiger partial charge on any atom is 0.273 e. The molecule has 1 aromatic heterocycles. The molecule has 0 unspecified atom stereocenters. The normalized spacial score (nSPS) is 18.8. The molecule has 3 rings (SSSR count). The zero-order chi connectivity index (χ0) is 16.2. The van der Waals surface area contributed by atoms with Crippen molar-refractivity contribution in [1.29, 1.82) is 0 Å². The van der Waals surface area contributed by atoms with Crippen LogP contribution in [0.15, 0.2) is 41.2 Å². The molecule has 2 N–H and O–H groups in total. The quantitative estimate of drug-likeness (QED) is 0.905. The lowest BCUT2D eigenvalue weighted by atomic mass is 10.1. The number of benzene rings is 1. The largest absolute Gasteiger partial charge is 0.368 e. The first-order valence-electron chi connectivity index (χ1n) is 7.40. The van der Waals surface area contributed by atoms with Gasteiger partial charge in [-0.2, -0.15) is 0 Å². The van der Waals surface area contributed by atoms with Crippen molar-refractivity contribution in [3.05, 3.63) is 52.5 Å². The Morgan fingerprint density at radius 1 is 1.26 bits per heavy atom. The first-order chi connectivity index (χ1) is 11.1. The third kappa shape index (κ3) is 3.57. The lowest BCUT2D eigenvalue weighted by Gasteiger charge is -2.39. The molecule has 1 fully saturated rings. The maximum atomic E-state index is 12.4. The highest BCUT2D eigenvalue weighted by molar-refractivity contribution is 7.07. The fourth-order valence-corrected chi connectivity index (χ4v) is 3.29. The van der Waals surface area contributed by atoms with Crippen LogP contribution >= 0.6 is 11.3 Å². The Kier molecular flexibility index (Phi) is 4.68. The zero-order valence-electron chi connectivity index (χ0n) is 12.6. The van der Waals surface area contributed by atoms with Crippen LogP contribution in [0.25, 0.3) is 0 Å². The third-order valence-electron chi connectivity index (χ3n) is 3.99. The molecule has 1 aromatic carbocycles. The number of piperazine rings is 1. The van der Waals surface area contributed by atoms with Gasteiger partial charge in [0.25, 0.3) is 5.91 Å². The van der Waals surface area contributed by atoms with Crippen LogP contribution in [0.3, 0.4) is 0 Å². The van der Waals surface area contributed by atoms with E-state index in [9.17, 15) is 9.59 Å². The van der Waals surface area contributed by atoms with Crippen molar-refractivity contribution in [2.24, 2.45) is 5.73 Å². The molecule has 2 heterocycles. The van der Waals surface area contributed by atoms with E-state index in [0.29, 0.717) is 31.9 Å². The van der Waals surface area contributed by atoms with Crippen LogP contribution in [-0.4, -0.2) is 52.3 Å². The Morgan fingerprint density at radius 3 is 2.70 bits per heavy atom. The number of rotatable bonds is 4. The summed E-state index contributed by atoms with van der Waals surface area (Å²) in [5, 5.41) is 1.72. The second-order valence-corrected chi connectivity index (χ2v) is 6.22. The van der Waals surface area contributed by atoms with Gasteiger partial charge in [-0.1, -0.05) is 30.3 Å². The van der Waals surface area contributed by atoms with Gasteiger partial charge in [-0.15, -0.1) is 11.3 Å². The minimum atomic E-state index is -0.480. The van der Waals surface area contributed by atoms with Gasteiger partial charge in [0.05, 0.1) is 5.51 Å². The number of carbonyl (C=O) groups excluding carboxylic acids is 2. The average molecular weight is 330 g/mol. The molecule has 0 spiro atoms. The van der Waals surface area contributed by atoms with Crippen molar-refractivity contribution in [2.75, 3.05) is 19.6 Å². The molecule has 120 valence electrons. The van der Waals surface area contributed by atoms with Gasteiger partial charge in [0.15, 0.2) is 0 Å². The minimum Gasteiger partial charge on any atom is -0.368 e. The SMILES string of the molecule is NC(=O)[C@H]1CN(C(=O)c2cscn2)CCN1Cc1ccccc1. The Bertz CT molecular complexity index is 675. The molecule has 0 aliphatic carbocycles. The fraction of sp³-hybridized carbons (Fsp3) is 0.312. The summed E-state index contributed by atoms with van der Waals surface area (Å²) in [7, 11) is 0. The van der Waals surface area contributed by atoms with Crippen LogP contribution in [-0.2, 0) is 11.3 Å². The average Bonchev–Trinajstić information content (AvgIpc) is 3.10. The van der Waals surface area contributed by atoms with E-state index in [-0.39, 0.29) is 5.91 Å². The van der Waals surface area contributed by atoms with E-state index in [4.69, 9.17) is 5.73 Å². The molecule has 6 nitrogen and oxygen atoms in total. The van der Waals surface area contributed by atoms with Crippen molar-refractivity contribution in [3.63, 3.8) is 0 Å². The smallest absolute Gasteiger partial charge is 0.273 e. The molecule has 0 bridgehead atoms. The first kappa shape index (κ1) is 15.6. The van der Waals surface area contributed by atoms with Gasteiger partial charge in [-0.05, 0) is 5.56 Å². The number of thiazole rings is 1. The summed E-state index contributed by atoms with van der Waals surface area (Å²) in [5.41, 5.74) is 8.74. The Balaban J connectivity index is 1.71. The molecule has 2 amide bonds. The highest BCUT2D eigenvalue weighted by Gasteiger charge is 2.33. The van der Waals surface area contributed by atoms with Gasteiger partial charge in [-0.3, -0.25) is 14.5 Å². The van der Waals surface area contributed by atoms with Crippen molar-refractivity contribution in [1.82, 2.24) is 14.8 Å². The highest BCUT2D eigenvalue weighted by atomic mass is 32.1. The number of carbonyl (C=O) groups is 2. The number of nitrogens with two attached hydrogens (primary N) is 1. The number of primary amides is 1. The van der Waals surface area contributed by atoms with E-state index in [1.54, 1.807) is 15.8 Å². The monoisotopic (exact) mass is 330 g/mol. The summed E-state index contributed by atoms with van der Waals surface area (Å²) in [6.07, 6.45) is 0. The zero-order valence-corrected chi connectivity index (χ0v) is 13.4. The van der Waals surface area contributed by atoms with E-state index in [1.807, 2.05) is 35.2 Å². The van der Waals surface area contributed by atoms with Gasteiger partial charge < -0.3 is 10.6 Å². The number of hydrogen-bond donors (Lipinski definition) is 1. The van der Waals surface area contributed by atoms with Gasteiger partial charge in [0.2, 0.25) is 5.91 Å². The molecule has 1 aliphatic rings. The Hall–Kier alpha value is -2.25. The standard InChI is InChI=1S/C16H18N4O2S/c17-15(21)14-9-20(16(22)13-10-23-11-18-13)7-6-19(14)8-12-4-2-1-3-5-12/h1-5,10-11,14H,6-9H2,(H2,17,21)/t14-/m1/s1. The summed E-state index contributed by atoms with van der Waals surface area (Å²) >= 11 is 1.38. The molecule has 0 saturated carbocycles. The first-order valence-corrected chi connectivity index (χ1v) is 8.34. The second kappa shape index (κ2) is 6.89. The third-order valence-corrected chi connectivity index (χ3v) is 4.57. The van der Waals surface area contributed by atoms with Gasteiger partial charge in [0, 0.05) is 31.6 Å². The number of hydrogen-bond acceptors (Lipinski definition) is 5. The van der Waals surface area contributed by atoms with E-state index < -0.39 is 11.9 Å². The van der Waals surface area contributed by atoms with Crippen molar-refractivity contribution in [3.8, 4) is 0 Å². The summed E-state index contributed by atoms with van der Waals surface area (Å²) < 4.78 is 0. The number of nitrogens with zero attached hydrogens (tertiary/aromatic N) is 3. The van der Waals surface area contributed by atoms with Gasteiger partial charge in [-0.25, -0.2) is 4.98 Å². The van der Waals surface area contributed by atoms with Crippen LogP contribution in [0.1, 0.15) is 16.1 Å². The van der Waals surface area contributed by atoms with E-state index >= 15 is 0 Å². The molecule has 7 heteroatoms. The molecule has 1 atom stereocenters. The van der Waals surface area contributed by atoms with Gasteiger partial charge in [0.1, 0.15) is 11.7 Å². The van der Waals surface area contributed by atoms with Crippen molar-refractivity contribution < 1.29 is 9.59 Å². The van der Waals surface area contributed by atoms with Crippen LogP contribution in [0.2, 0.25) is 0 Å². The summed E-state index contributed by atoms with van der Waals surface area (Å²) in [6, 6.07) is 9.45. The molecular weight excluding hydrogens is 312 g/mol. The molecule has 1 aliphatic heterocycles. The summed E-state index contributed by atoms with van der Waals surface area (Å²) in [6.45, 7) is 2.12. The molecule has 1 saturated heterocycles.